The number of carbonyl (C=O) groups is 1. The van der Waals surface area contributed by atoms with Crippen LogP contribution in [-0.2, 0) is 9.53 Å². The number of methoxy groups -OCH3 is 1. The number of hydrogen-bond donors (Lipinski definition) is 2. The number of hydrogen-bond acceptors (Lipinski definition) is 3. The van der Waals surface area contributed by atoms with E-state index in [0.29, 0.717) is 13.0 Å². The third-order valence-corrected chi connectivity index (χ3v) is 3.72. The second-order valence-electron chi connectivity index (χ2n) is 4.46. The molecule has 0 heterocycles. The Bertz CT molecular complexity index is 217. The minimum Gasteiger partial charge on any atom is -0.383 e. The van der Waals surface area contributed by atoms with Gasteiger partial charge in [0.15, 0.2) is 0 Å². The summed E-state index contributed by atoms with van der Waals surface area (Å²) >= 11 is 4.29. The summed E-state index contributed by atoms with van der Waals surface area (Å²) in [5.41, 5.74) is 0.207. The summed E-state index contributed by atoms with van der Waals surface area (Å²) in [7, 11) is 1.66. The number of rotatable bonds is 7. The van der Waals surface area contributed by atoms with Crippen LogP contribution in [-0.4, -0.2) is 31.4 Å². The van der Waals surface area contributed by atoms with Gasteiger partial charge in [-0.05, 0) is 30.4 Å². The molecule has 0 aliphatic heterocycles. The third-order valence-electron chi connectivity index (χ3n) is 3.05. The van der Waals surface area contributed by atoms with Gasteiger partial charge in [-0.25, -0.2) is 0 Å². The molecule has 1 saturated carbocycles. The van der Waals surface area contributed by atoms with E-state index in [0.717, 1.165) is 25.0 Å². The molecule has 15 heavy (non-hydrogen) atoms. The normalized spacial score (nSPS) is 19.7. The van der Waals surface area contributed by atoms with Crippen LogP contribution < -0.4 is 5.32 Å². The van der Waals surface area contributed by atoms with Crippen molar-refractivity contribution < 1.29 is 9.53 Å². The molecule has 0 saturated heterocycles. The quantitative estimate of drug-likeness (QED) is 0.654. The fraction of sp³-hybridized carbons (Fsp3) is 0.909. The smallest absolute Gasteiger partial charge is 0.220 e. The van der Waals surface area contributed by atoms with E-state index in [9.17, 15) is 4.79 Å². The summed E-state index contributed by atoms with van der Waals surface area (Å²) in [5.74, 6) is 0.965. The lowest BCUT2D eigenvalue weighted by Crippen LogP contribution is -2.38. The lowest BCUT2D eigenvalue weighted by atomic mass is 10.0. The molecule has 1 amide bonds. The molecule has 1 rings (SSSR count). The maximum absolute atomic E-state index is 11.7. The van der Waals surface area contributed by atoms with Crippen molar-refractivity contribution in [3.8, 4) is 0 Å². The Kier molecular flexibility index (Phi) is 4.93. The van der Waals surface area contributed by atoms with Crippen LogP contribution in [0.1, 0.15) is 32.6 Å². The molecular formula is C11H21NO2S. The molecule has 3 nitrogen and oxygen atoms in total. The van der Waals surface area contributed by atoms with Gasteiger partial charge in [0.2, 0.25) is 5.91 Å². The molecule has 1 atom stereocenters. The summed E-state index contributed by atoms with van der Waals surface area (Å²) in [5, 5.41) is 3.00. The van der Waals surface area contributed by atoms with Gasteiger partial charge in [-0.15, -0.1) is 0 Å². The number of nitrogens with one attached hydrogen (secondary N) is 1. The first kappa shape index (κ1) is 12.8. The van der Waals surface area contributed by atoms with E-state index in [-0.39, 0.29) is 17.4 Å². The van der Waals surface area contributed by atoms with Gasteiger partial charge in [0.25, 0.3) is 0 Å². The molecular weight excluding hydrogens is 210 g/mol. The van der Waals surface area contributed by atoms with Gasteiger partial charge in [0, 0.05) is 13.5 Å². The van der Waals surface area contributed by atoms with Crippen LogP contribution >= 0.6 is 12.6 Å². The van der Waals surface area contributed by atoms with Gasteiger partial charge in [-0.2, -0.15) is 12.6 Å². The van der Waals surface area contributed by atoms with Crippen molar-refractivity contribution in [1.82, 2.24) is 5.32 Å². The second kappa shape index (κ2) is 5.75. The lowest BCUT2D eigenvalue weighted by molar-refractivity contribution is -0.123. The fourth-order valence-electron chi connectivity index (χ4n) is 1.65. The average Bonchev–Trinajstić information content (AvgIpc) is 2.97. The van der Waals surface area contributed by atoms with E-state index in [1.54, 1.807) is 7.11 Å². The van der Waals surface area contributed by atoms with Crippen molar-refractivity contribution in [2.24, 2.45) is 5.41 Å². The van der Waals surface area contributed by atoms with Crippen molar-refractivity contribution in [2.75, 3.05) is 19.5 Å². The van der Waals surface area contributed by atoms with Crippen LogP contribution in [0.5, 0.6) is 0 Å². The lowest BCUT2D eigenvalue weighted by Gasteiger charge is -2.18. The Balaban J connectivity index is 2.28. The van der Waals surface area contributed by atoms with E-state index < -0.39 is 0 Å². The molecule has 1 N–H and O–H groups in total. The Morgan fingerprint density at radius 1 is 1.60 bits per heavy atom. The number of thiol groups is 1. The largest absolute Gasteiger partial charge is 0.383 e. The predicted molar refractivity (Wildman–Crippen MR) is 64.2 cm³/mol. The van der Waals surface area contributed by atoms with E-state index in [1.165, 1.54) is 0 Å². The molecule has 4 heteroatoms. The summed E-state index contributed by atoms with van der Waals surface area (Å²) in [6.07, 6.45) is 3.82. The number of amides is 1. The summed E-state index contributed by atoms with van der Waals surface area (Å²) in [6.45, 7) is 2.64. The molecule has 0 aromatic rings. The van der Waals surface area contributed by atoms with Crippen molar-refractivity contribution in [1.29, 1.82) is 0 Å². The third kappa shape index (κ3) is 4.03. The van der Waals surface area contributed by atoms with E-state index >= 15 is 0 Å². The zero-order valence-electron chi connectivity index (χ0n) is 9.58. The van der Waals surface area contributed by atoms with Gasteiger partial charge >= 0.3 is 0 Å². The zero-order valence-corrected chi connectivity index (χ0v) is 10.5. The van der Waals surface area contributed by atoms with Gasteiger partial charge in [-0.3, -0.25) is 4.79 Å². The molecule has 0 aromatic carbocycles. The molecule has 1 aliphatic carbocycles. The molecule has 0 aromatic heterocycles. The van der Waals surface area contributed by atoms with Gasteiger partial charge in [0.05, 0.1) is 12.6 Å². The van der Waals surface area contributed by atoms with Crippen molar-refractivity contribution >= 4 is 18.5 Å². The first-order valence-corrected chi connectivity index (χ1v) is 6.18. The Morgan fingerprint density at radius 3 is 2.67 bits per heavy atom. The topological polar surface area (TPSA) is 38.3 Å². The fourth-order valence-corrected chi connectivity index (χ4v) is 2.08. The molecule has 1 fully saturated rings. The first-order valence-electron chi connectivity index (χ1n) is 5.55. The Labute approximate surface area is 97.4 Å². The number of ether oxygens (including phenoxy) is 1. The highest BCUT2D eigenvalue weighted by molar-refractivity contribution is 7.80. The molecule has 1 unspecified atom stereocenters. The van der Waals surface area contributed by atoms with Crippen LogP contribution in [0, 0.1) is 5.41 Å². The summed E-state index contributed by atoms with van der Waals surface area (Å²) < 4.78 is 5.04. The van der Waals surface area contributed by atoms with Crippen molar-refractivity contribution in [2.45, 2.75) is 38.6 Å². The Morgan fingerprint density at radius 2 is 2.27 bits per heavy atom. The minimum absolute atomic E-state index is 0.144. The highest BCUT2D eigenvalue weighted by Crippen LogP contribution is 2.49. The van der Waals surface area contributed by atoms with Gasteiger partial charge < -0.3 is 10.1 Å². The van der Waals surface area contributed by atoms with Crippen LogP contribution in [0.25, 0.3) is 0 Å². The predicted octanol–water partition coefficient (Wildman–Crippen LogP) is 1.63. The highest BCUT2D eigenvalue weighted by atomic mass is 32.1. The second-order valence-corrected chi connectivity index (χ2v) is 4.78. The monoisotopic (exact) mass is 231 g/mol. The van der Waals surface area contributed by atoms with Crippen molar-refractivity contribution in [3.05, 3.63) is 0 Å². The summed E-state index contributed by atoms with van der Waals surface area (Å²) in [6, 6.07) is 0.151. The van der Waals surface area contributed by atoms with E-state index in [2.05, 4.69) is 24.9 Å². The van der Waals surface area contributed by atoms with Crippen LogP contribution in [0.3, 0.4) is 0 Å². The van der Waals surface area contributed by atoms with Crippen molar-refractivity contribution in [3.63, 3.8) is 0 Å². The highest BCUT2D eigenvalue weighted by Gasteiger charge is 2.42. The Hall–Kier alpha value is -0.220. The maximum Gasteiger partial charge on any atom is 0.220 e. The van der Waals surface area contributed by atoms with Crippen LogP contribution in [0.4, 0.5) is 0 Å². The zero-order chi connectivity index (χ0) is 11.3. The average molecular weight is 231 g/mol. The number of carbonyl (C=O) groups excluding carboxylic acids is 1. The molecule has 0 bridgehead atoms. The molecule has 0 radical (unpaired) electrons. The molecule has 88 valence electrons. The summed E-state index contributed by atoms with van der Waals surface area (Å²) in [4.78, 5) is 11.7. The van der Waals surface area contributed by atoms with Crippen LogP contribution in [0.2, 0.25) is 0 Å². The standard InChI is InChI=1S/C11H21NO2S/c1-3-9(7-14-2)12-10(13)6-11(8-15)4-5-11/h9,15H,3-8H2,1-2H3,(H,12,13). The van der Waals surface area contributed by atoms with Crippen LogP contribution in [0.15, 0.2) is 0 Å². The molecule has 0 spiro atoms. The van der Waals surface area contributed by atoms with E-state index in [1.807, 2.05) is 0 Å². The van der Waals surface area contributed by atoms with Gasteiger partial charge in [-0.1, -0.05) is 6.92 Å². The maximum atomic E-state index is 11.7. The minimum atomic E-state index is 0.144. The SMILES string of the molecule is CCC(COC)NC(=O)CC1(CS)CC1. The first-order chi connectivity index (χ1) is 7.15. The van der Waals surface area contributed by atoms with E-state index in [4.69, 9.17) is 4.74 Å². The molecule has 1 aliphatic rings. The van der Waals surface area contributed by atoms with Gasteiger partial charge in [0.1, 0.15) is 0 Å².